The van der Waals surface area contributed by atoms with Gasteiger partial charge in [0.15, 0.2) is 0 Å². The number of rotatable bonds is 3. The van der Waals surface area contributed by atoms with Crippen molar-refractivity contribution in [1.29, 1.82) is 0 Å². The first-order valence-electron chi connectivity index (χ1n) is 2.80. The summed E-state index contributed by atoms with van der Waals surface area (Å²) in [4.78, 5) is 20.2. The zero-order chi connectivity index (χ0) is 9.07. The SMILES string of the molecule is C[C@](N)(C=CC(=O)O)C(=O)O. The van der Waals surface area contributed by atoms with Gasteiger partial charge in [0.05, 0.1) is 0 Å². The maximum atomic E-state index is 10.3. The maximum Gasteiger partial charge on any atom is 0.328 e. The van der Waals surface area contributed by atoms with Crippen molar-refractivity contribution in [2.45, 2.75) is 12.5 Å². The van der Waals surface area contributed by atoms with Gasteiger partial charge in [0.2, 0.25) is 0 Å². The third kappa shape index (κ3) is 3.36. The van der Waals surface area contributed by atoms with Gasteiger partial charge in [-0.05, 0) is 13.0 Å². The van der Waals surface area contributed by atoms with Crippen LogP contribution in [-0.4, -0.2) is 27.7 Å². The Bertz CT molecular complexity index is 207. The summed E-state index contributed by atoms with van der Waals surface area (Å²) in [5.74, 6) is -2.49. The largest absolute Gasteiger partial charge is 0.480 e. The molecule has 11 heavy (non-hydrogen) atoms. The van der Waals surface area contributed by atoms with Crippen molar-refractivity contribution >= 4 is 11.9 Å². The quantitative estimate of drug-likeness (QED) is 0.479. The van der Waals surface area contributed by atoms with E-state index in [-0.39, 0.29) is 0 Å². The molecule has 0 fully saturated rings. The molecular weight excluding hydrogens is 150 g/mol. The standard InChI is InChI=1S/C6H9NO4/c1-6(7,5(10)11)3-2-4(8)9/h2-3H,7H2,1H3,(H,8,9)(H,10,11)/t6-/m0/s1. The van der Waals surface area contributed by atoms with E-state index in [9.17, 15) is 9.59 Å². The lowest BCUT2D eigenvalue weighted by atomic mass is 10.0. The summed E-state index contributed by atoms with van der Waals surface area (Å²) >= 11 is 0. The molecule has 5 nitrogen and oxygen atoms in total. The Labute approximate surface area is 63.1 Å². The fourth-order valence-electron chi connectivity index (χ4n) is 0.316. The molecular formula is C6H9NO4. The van der Waals surface area contributed by atoms with Crippen molar-refractivity contribution < 1.29 is 19.8 Å². The molecule has 0 radical (unpaired) electrons. The smallest absolute Gasteiger partial charge is 0.328 e. The molecule has 0 bridgehead atoms. The first-order chi connectivity index (χ1) is 4.86. The normalized spacial score (nSPS) is 16.2. The second-order valence-electron chi connectivity index (χ2n) is 2.26. The van der Waals surface area contributed by atoms with E-state index in [0.717, 1.165) is 6.08 Å². The number of nitrogens with two attached hydrogens (primary N) is 1. The minimum Gasteiger partial charge on any atom is -0.480 e. The summed E-state index contributed by atoms with van der Waals surface area (Å²) in [5.41, 5.74) is 3.55. The second-order valence-corrected chi connectivity index (χ2v) is 2.26. The third-order valence-corrected chi connectivity index (χ3v) is 1.03. The van der Waals surface area contributed by atoms with Crippen LogP contribution in [0.15, 0.2) is 12.2 Å². The van der Waals surface area contributed by atoms with Gasteiger partial charge in [-0.25, -0.2) is 9.59 Å². The highest BCUT2D eigenvalue weighted by molar-refractivity contribution is 5.85. The lowest BCUT2D eigenvalue weighted by Gasteiger charge is -2.12. The van der Waals surface area contributed by atoms with E-state index in [1.165, 1.54) is 6.92 Å². The topological polar surface area (TPSA) is 101 Å². The Balaban J connectivity index is 4.35. The summed E-state index contributed by atoms with van der Waals surface area (Å²) in [6, 6.07) is 0. The zero-order valence-electron chi connectivity index (χ0n) is 5.94. The van der Waals surface area contributed by atoms with Gasteiger partial charge in [0.25, 0.3) is 0 Å². The highest BCUT2D eigenvalue weighted by Crippen LogP contribution is 2.00. The molecule has 1 atom stereocenters. The predicted molar refractivity (Wildman–Crippen MR) is 37.0 cm³/mol. The molecule has 0 unspecified atom stereocenters. The van der Waals surface area contributed by atoms with Crippen LogP contribution in [0, 0.1) is 0 Å². The molecule has 4 N–H and O–H groups in total. The molecule has 0 heterocycles. The van der Waals surface area contributed by atoms with E-state index in [0.29, 0.717) is 6.08 Å². The van der Waals surface area contributed by atoms with Crippen molar-refractivity contribution in [3.05, 3.63) is 12.2 Å². The van der Waals surface area contributed by atoms with Gasteiger partial charge in [-0.2, -0.15) is 0 Å². The van der Waals surface area contributed by atoms with Gasteiger partial charge in [0, 0.05) is 6.08 Å². The molecule has 0 aromatic carbocycles. The van der Waals surface area contributed by atoms with Crippen LogP contribution in [0.3, 0.4) is 0 Å². The average Bonchev–Trinajstić information content (AvgIpc) is 1.84. The summed E-state index contributed by atoms with van der Waals surface area (Å²) in [5, 5.41) is 16.5. The lowest BCUT2D eigenvalue weighted by molar-refractivity contribution is -0.140. The zero-order valence-corrected chi connectivity index (χ0v) is 5.94. The monoisotopic (exact) mass is 159 g/mol. The minimum absolute atomic E-state index is 0.703. The Morgan fingerprint density at radius 2 is 1.91 bits per heavy atom. The summed E-state index contributed by atoms with van der Waals surface area (Å²) < 4.78 is 0. The van der Waals surface area contributed by atoms with Crippen LogP contribution in [-0.2, 0) is 9.59 Å². The van der Waals surface area contributed by atoms with E-state index >= 15 is 0 Å². The fourth-order valence-corrected chi connectivity index (χ4v) is 0.316. The maximum absolute atomic E-state index is 10.3. The molecule has 0 saturated carbocycles. The van der Waals surface area contributed by atoms with Crippen LogP contribution >= 0.6 is 0 Å². The van der Waals surface area contributed by atoms with Crippen LogP contribution in [0.5, 0.6) is 0 Å². The molecule has 0 spiro atoms. The third-order valence-electron chi connectivity index (χ3n) is 1.03. The molecule has 0 aliphatic heterocycles. The van der Waals surface area contributed by atoms with Gasteiger partial charge in [-0.1, -0.05) is 0 Å². The molecule has 0 aliphatic carbocycles. The number of aliphatic carboxylic acids is 2. The number of carbonyl (C=O) groups is 2. The number of carboxylic acids is 2. The van der Waals surface area contributed by atoms with E-state index < -0.39 is 17.5 Å². The first kappa shape index (κ1) is 9.64. The molecule has 0 aromatic heterocycles. The van der Waals surface area contributed by atoms with Gasteiger partial charge in [-0.15, -0.1) is 0 Å². The van der Waals surface area contributed by atoms with Crippen LogP contribution in [0.4, 0.5) is 0 Å². The van der Waals surface area contributed by atoms with Gasteiger partial charge >= 0.3 is 11.9 Å². The van der Waals surface area contributed by atoms with Crippen molar-refractivity contribution in [2.24, 2.45) is 5.73 Å². The highest BCUT2D eigenvalue weighted by atomic mass is 16.4. The van der Waals surface area contributed by atoms with Gasteiger partial charge < -0.3 is 15.9 Å². The number of hydrogen-bond acceptors (Lipinski definition) is 3. The number of carboxylic acid groups (broad SMARTS) is 2. The van der Waals surface area contributed by atoms with Crippen molar-refractivity contribution in [3.63, 3.8) is 0 Å². The number of hydrogen-bond donors (Lipinski definition) is 3. The van der Waals surface area contributed by atoms with Crippen LogP contribution in [0.2, 0.25) is 0 Å². The molecule has 0 saturated heterocycles. The Morgan fingerprint density at radius 3 is 2.18 bits per heavy atom. The second kappa shape index (κ2) is 3.16. The van der Waals surface area contributed by atoms with E-state index in [4.69, 9.17) is 15.9 Å². The van der Waals surface area contributed by atoms with Crippen molar-refractivity contribution in [3.8, 4) is 0 Å². The Morgan fingerprint density at radius 1 is 1.45 bits per heavy atom. The van der Waals surface area contributed by atoms with E-state index in [2.05, 4.69) is 0 Å². The molecule has 5 heteroatoms. The summed E-state index contributed by atoms with van der Waals surface area (Å²) in [6.07, 6.45) is 1.62. The molecule has 0 rings (SSSR count). The average molecular weight is 159 g/mol. The van der Waals surface area contributed by atoms with E-state index in [1.807, 2.05) is 0 Å². The van der Waals surface area contributed by atoms with Crippen molar-refractivity contribution in [2.75, 3.05) is 0 Å². The summed E-state index contributed by atoms with van der Waals surface area (Å²) in [6.45, 7) is 1.20. The highest BCUT2D eigenvalue weighted by Gasteiger charge is 2.24. The first-order valence-corrected chi connectivity index (χ1v) is 2.80. The van der Waals surface area contributed by atoms with Crippen LogP contribution in [0.25, 0.3) is 0 Å². The summed E-state index contributed by atoms with van der Waals surface area (Å²) in [7, 11) is 0. The van der Waals surface area contributed by atoms with Gasteiger partial charge in [0.1, 0.15) is 5.54 Å². The van der Waals surface area contributed by atoms with Gasteiger partial charge in [-0.3, -0.25) is 0 Å². The minimum atomic E-state index is -1.61. The molecule has 0 amide bonds. The Hall–Kier alpha value is -1.36. The molecule has 0 aromatic rings. The van der Waals surface area contributed by atoms with Crippen LogP contribution in [0.1, 0.15) is 6.92 Å². The predicted octanol–water partition coefficient (Wildman–Crippen LogP) is -0.571. The van der Waals surface area contributed by atoms with E-state index in [1.54, 1.807) is 0 Å². The fraction of sp³-hybridized carbons (Fsp3) is 0.333. The van der Waals surface area contributed by atoms with Crippen molar-refractivity contribution in [1.82, 2.24) is 0 Å². The molecule has 62 valence electrons. The molecule has 0 aliphatic rings. The lowest BCUT2D eigenvalue weighted by Crippen LogP contribution is -2.42. The van der Waals surface area contributed by atoms with Crippen LogP contribution < -0.4 is 5.73 Å². The Kier molecular flexibility index (Phi) is 2.77.